The lowest BCUT2D eigenvalue weighted by Crippen LogP contribution is -2.20. The van der Waals surface area contributed by atoms with Crippen molar-refractivity contribution in [3.8, 4) is 17.3 Å². The molecule has 3 aromatic rings. The van der Waals surface area contributed by atoms with Gasteiger partial charge in [0.05, 0.1) is 15.5 Å². The van der Waals surface area contributed by atoms with E-state index in [4.69, 9.17) is 15.3 Å². The predicted octanol–water partition coefficient (Wildman–Crippen LogP) is 3.04. The van der Waals surface area contributed by atoms with E-state index < -0.39 is 55.8 Å². The number of anilines is 1. The Kier molecular flexibility index (Phi) is 5.77. The number of pyridine rings is 1. The molecule has 2 heterocycles. The third kappa shape index (κ3) is 4.91. The van der Waals surface area contributed by atoms with Crippen LogP contribution in [0.4, 0.5) is 32.0 Å². The number of aromatic nitrogens is 3. The smallest absolute Gasteiger partial charge is 0.416 e. The number of ether oxygens (including phenoxy) is 1. The van der Waals surface area contributed by atoms with Crippen molar-refractivity contribution in [3.63, 3.8) is 0 Å². The molecular formula is C16H10F6N4O5S. The number of halogens is 6. The summed E-state index contributed by atoms with van der Waals surface area (Å²) in [7, 11) is -4.28. The summed E-state index contributed by atoms with van der Waals surface area (Å²) in [5.41, 5.74) is 4.98. The maximum absolute atomic E-state index is 12.7. The molecule has 0 saturated heterocycles. The first kappa shape index (κ1) is 23.3. The minimum absolute atomic E-state index is 0.356. The second-order valence-electron chi connectivity index (χ2n) is 6.02. The Morgan fingerprint density at radius 1 is 1.03 bits per heavy atom. The molecule has 3 rings (SSSR count). The minimum atomic E-state index is -5.07. The maximum Gasteiger partial charge on any atom is 0.573 e. The van der Waals surface area contributed by atoms with Crippen molar-refractivity contribution in [1.82, 2.24) is 15.2 Å². The lowest BCUT2D eigenvalue weighted by Gasteiger charge is -2.10. The van der Waals surface area contributed by atoms with Crippen molar-refractivity contribution < 1.29 is 49.0 Å². The average Bonchev–Trinajstić information content (AvgIpc) is 3.15. The van der Waals surface area contributed by atoms with Crippen LogP contribution in [0.2, 0.25) is 0 Å². The molecule has 0 amide bonds. The molecule has 172 valence electrons. The van der Waals surface area contributed by atoms with Gasteiger partial charge in [0.25, 0.3) is 11.8 Å². The number of rotatable bonds is 5. The van der Waals surface area contributed by atoms with Crippen molar-refractivity contribution in [1.29, 1.82) is 0 Å². The van der Waals surface area contributed by atoms with E-state index in [1.807, 2.05) is 0 Å². The van der Waals surface area contributed by atoms with Gasteiger partial charge in [-0.1, -0.05) is 0 Å². The minimum Gasteiger partial charge on any atom is -0.416 e. The number of alkyl halides is 6. The number of aliphatic hydroxyl groups is 1. The summed E-state index contributed by atoms with van der Waals surface area (Å²) >= 11 is 0. The van der Waals surface area contributed by atoms with Gasteiger partial charge in [-0.2, -0.15) is 13.2 Å². The van der Waals surface area contributed by atoms with E-state index >= 15 is 0 Å². The summed E-state index contributed by atoms with van der Waals surface area (Å²) in [6.45, 7) is 0. The Balaban J connectivity index is 1.88. The SMILES string of the molecule is Nc1cc(S(=O)(=O)c2ccc(OC(F)(F)F)cc2)cnc1-c1nnc([C@H](O)C(F)(F)F)o1. The highest BCUT2D eigenvalue weighted by molar-refractivity contribution is 7.91. The summed E-state index contributed by atoms with van der Waals surface area (Å²) < 4.78 is 108. The van der Waals surface area contributed by atoms with Crippen LogP contribution in [0.15, 0.2) is 50.7 Å². The number of nitrogens with two attached hydrogens (primary N) is 1. The van der Waals surface area contributed by atoms with E-state index in [1.165, 1.54) is 0 Å². The molecule has 16 heteroatoms. The molecule has 0 fully saturated rings. The van der Waals surface area contributed by atoms with Crippen molar-refractivity contribution in [3.05, 3.63) is 42.4 Å². The molecular weight excluding hydrogens is 474 g/mol. The topological polar surface area (TPSA) is 141 Å². The molecule has 0 saturated carbocycles. The Hall–Kier alpha value is -3.40. The number of hydrogen-bond donors (Lipinski definition) is 2. The van der Waals surface area contributed by atoms with Crippen LogP contribution < -0.4 is 10.5 Å². The van der Waals surface area contributed by atoms with Crippen molar-refractivity contribution in [2.24, 2.45) is 0 Å². The quantitative estimate of drug-likeness (QED) is 0.523. The van der Waals surface area contributed by atoms with E-state index in [1.54, 1.807) is 0 Å². The summed E-state index contributed by atoms with van der Waals surface area (Å²) in [5, 5.41) is 15.5. The summed E-state index contributed by atoms with van der Waals surface area (Å²) in [4.78, 5) is 2.82. The normalized spacial score (nSPS) is 13.7. The third-order valence-electron chi connectivity index (χ3n) is 3.76. The molecule has 0 aliphatic carbocycles. The molecule has 1 aromatic carbocycles. The van der Waals surface area contributed by atoms with E-state index in [0.29, 0.717) is 0 Å². The average molecular weight is 484 g/mol. The fourth-order valence-electron chi connectivity index (χ4n) is 2.32. The highest BCUT2D eigenvalue weighted by Gasteiger charge is 2.43. The number of aliphatic hydroxyl groups excluding tert-OH is 1. The van der Waals surface area contributed by atoms with Crippen LogP contribution in [0.1, 0.15) is 12.0 Å². The van der Waals surface area contributed by atoms with Crippen LogP contribution in [-0.2, 0) is 9.84 Å². The molecule has 0 aliphatic rings. The Labute approximate surface area is 174 Å². The summed E-state index contributed by atoms with van der Waals surface area (Å²) in [5.74, 6) is -2.43. The maximum atomic E-state index is 12.7. The highest BCUT2D eigenvalue weighted by atomic mass is 32.2. The number of nitrogens with zero attached hydrogens (tertiary/aromatic N) is 3. The van der Waals surface area contributed by atoms with Crippen LogP contribution in [0.5, 0.6) is 5.75 Å². The third-order valence-corrected chi connectivity index (χ3v) is 5.49. The zero-order valence-corrected chi connectivity index (χ0v) is 16.0. The van der Waals surface area contributed by atoms with Gasteiger partial charge in [0, 0.05) is 6.20 Å². The van der Waals surface area contributed by atoms with Gasteiger partial charge in [0.2, 0.25) is 15.9 Å². The lowest BCUT2D eigenvalue weighted by atomic mass is 10.3. The second kappa shape index (κ2) is 7.94. The molecule has 0 unspecified atom stereocenters. The molecule has 0 spiro atoms. The van der Waals surface area contributed by atoms with Gasteiger partial charge in [-0.05, 0) is 30.3 Å². The fourth-order valence-corrected chi connectivity index (χ4v) is 3.56. The molecule has 9 nitrogen and oxygen atoms in total. The first-order chi connectivity index (χ1) is 14.7. The van der Waals surface area contributed by atoms with Gasteiger partial charge < -0.3 is 20.0 Å². The standard InChI is InChI=1S/C16H10F6N4O5S/c17-15(18,19)12(27)14-26-25-13(30-14)11-10(23)5-9(6-24-11)32(28,29)8-3-1-7(2-4-8)31-16(20,21)22/h1-6,12,27H,23H2/t12-/m0/s1. The summed E-state index contributed by atoms with van der Waals surface area (Å²) in [6, 6.07) is 4.20. The molecule has 1 atom stereocenters. The van der Waals surface area contributed by atoms with Gasteiger partial charge >= 0.3 is 12.5 Å². The van der Waals surface area contributed by atoms with Gasteiger partial charge in [-0.25, -0.2) is 13.4 Å². The fraction of sp³-hybridized carbons (Fsp3) is 0.188. The van der Waals surface area contributed by atoms with Crippen LogP contribution in [-0.4, -0.2) is 41.2 Å². The van der Waals surface area contributed by atoms with Crippen molar-refractivity contribution in [2.45, 2.75) is 28.4 Å². The van der Waals surface area contributed by atoms with Gasteiger partial charge in [-0.15, -0.1) is 23.4 Å². The van der Waals surface area contributed by atoms with Gasteiger partial charge in [0.15, 0.2) is 5.69 Å². The zero-order chi connectivity index (χ0) is 23.9. The van der Waals surface area contributed by atoms with Crippen LogP contribution >= 0.6 is 0 Å². The number of sulfone groups is 1. The van der Waals surface area contributed by atoms with Crippen LogP contribution in [0.25, 0.3) is 11.6 Å². The molecule has 0 aliphatic heterocycles. The van der Waals surface area contributed by atoms with E-state index in [0.717, 1.165) is 36.5 Å². The first-order valence-electron chi connectivity index (χ1n) is 8.13. The van der Waals surface area contributed by atoms with Gasteiger partial charge in [-0.3, -0.25) is 0 Å². The predicted molar refractivity (Wildman–Crippen MR) is 91.5 cm³/mol. The number of nitrogen functional groups attached to an aromatic ring is 1. The lowest BCUT2D eigenvalue weighted by molar-refractivity contribution is -0.274. The molecule has 0 bridgehead atoms. The molecule has 3 N–H and O–H groups in total. The van der Waals surface area contributed by atoms with Crippen LogP contribution in [0.3, 0.4) is 0 Å². The van der Waals surface area contributed by atoms with E-state index in [9.17, 15) is 34.8 Å². The number of hydrogen-bond acceptors (Lipinski definition) is 9. The molecule has 32 heavy (non-hydrogen) atoms. The highest BCUT2D eigenvalue weighted by Crippen LogP contribution is 2.34. The Morgan fingerprint density at radius 2 is 1.66 bits per heavy atom. The molecule has 2 aromatic heterocycles. The van der Waals surface area contributed by atoms with Crippen LogP contribution in [0, 0.1) is 0 Å². The van der Waals surface area contributed by atoms with Crippen molar-refractivity contribution >= 4 is 15.5 Å². The molecule has 0 radical (unpaired) electrons. The first-order valence-corrected chi connectivity index (χ1v) is 9.62. The number of benzene rings is 1. The zero-order valence-electron chi connectivity index (χ0n) is 15.2. The largest absolute Gasteiger partial charge is 0.573 e. The van der Waals surface area contributed by atoms with E-state index in [-0.39, 0.29) is 11.4 Å². The van der Waals surface area contributed by atoms with Crippen molar-refractivity contribution in [2.75, 3.05) is 5.73 Å². The van der Waals surface area contributed by atoms with E-state index in [2.05, 4.69) is 19.9 Å². The Morgan fingerprint density at radius 3 is 2.19 bits per heavy atom. The Bertz CT molecular complexity index is 1220. The van der Waals surface area contributed by atoms with Gasteiger partial charge in [0.1, 0.15) is 5.75 Å². The monoisotopic (exact) mass is 484 g/mol. The second-order valence-corrected chi connectivity index (χ2v) is 7.97. The summed E-state index contributed by atoms with van der Waals surface area (Å²) in [6.07, 6.45) is -12.3.